The lowest BCUT2D eigenvalue weighted by Crippen LogP contribution is -2.22. The van der Waals surface area contributed by atoms with Gasteiger partial charge < -0.3 is 10.0 Å². The number of hydrogen-bond donors (Lipinski definition) is 1. The van der Waals surface area contributed by atoms with Crippen molar-refractivity contribution in [1.29, 1.82) is 0 Å². The summed E-state index contributed by atoms with van der Waals surface area (Å²) in [6.45, 7) is 3.27. The first kappa shape index (κ1) is 15.3. The van der Waals surface area contributed by atoms with Gasteiger partial charge in [-0.15, -0.1) is 11.3 Å². The fourth-order valence-electron chi connectivity index (χ4n) is 1.99. The minimum absolute atomic E-state index is 0.234. The van der Waals surface area contributed by atoms with Crippen LogP contribution in [0.5, 0.6) is 0 Å². The Balaban J connectivity index is 2.13. The molecule has 0 unspecified atom stereocenters. The van der Waals surface area contributed by atoms with Crippen LogP contribution in [-0.4, -0.2) is 17.6 Å². The Morgan fingerprint density at radius 3 is 2.76 bits per heavy atom. The lowest BCUT2D eigenvalue weighted by Gasteiger charge is -2.22. The number of carbonyl (C=O) groups is 1. The maximum atomic E-state index is 13.8. The molecule has 2 rings (SSSR count). The standard InChI is InChI=1S/C16H16FNO2S/c1-2-18(15-6-4-3-5-14(15)17)11-13-8-7-12(21-13)9-10-16(19)20/h3-10H,2,11H2,1H3,(H,19,20). The van der Waals surface area contributed by atoms with Crippen LogP contribution in [0.1, 0.15) is 16.7 Å². The van der Waals surface area contributed by atoms with Crippen molar-refractivity contribution in [1.82, 2.24) is 0 Å². The van der Waals surface area contributed by atoms with E-state index in [4.69, 9.17) is 5.11 Å². The highest BCUT2D eigenvalue weighted by Gasteiger charge is 2.10. The maximum absolute atomic E-state index is 13.8. The van der Waals surface area contributed by atoms with Gasteiger partial charge in [0.15, 0.2) is 0 Å². The highest BCUT2D eigenvalue weighted by molar-refractivity contribution is 7.12. The zero-order chi connectivity index (χ0) is 15.2. The third-order valence-corrected chi connectivity index (χ3v) is 4.03. The Morgan fingerprint density at radius 1 is 1.33 bits per heavy atom. The molecule has 0 saturated heterocycles. The fourth-order valence-corrected chi connectivity index (χ4v) is 2.92. The molecule has 0 aliphatic carbocycles. The quantitative estimate of drug-likeness (QED) is 0.820. The molecular weight excluding hydrogens is 289 g/mol. The molecule has 5 heteroatoms. The van der Waals surface area contributed by atoms with E-state index in [1.807, 2.05) is 30.0 Å². The van der Waals surface area contributed by atoms with Crippen LogP contribution < -0.4 is 4.90 Å². The smallest absolute Gasteiger partial charge is 0.328 e. The first-order chi connectivity index (χ1) is 10.1. The van der Waals surface area contributed by atoms with Gasteiger partial charge in [0, 0.05) is 22.4 Å². The van der Waals surface area contributed by atoms with Crippen molar-refractivity contribution >= 4 is 29.1 Å². The lowest BCUT2D eigenvalue weighted by atomic mass is 10.2. The highest BCUT2D eigenvalue weighted by Crippen LogP contribution is 2.24. The van der Waals surface area contributed by atoms with Gasteiger partial charge in [0.25, 0.3) is 0 Å². The SMILES string of the molecule is CCN(Cc1ccc(C=CC(=O)O)s1)c1ccccc1F. The summed E-state index contributed by atoms with van der Waals surface area (Å²) in [5.41, 5.74) is 0.580. The highest BCUT2D eigenvalue weighted by atomic mass is 32.1. The molecule has 2 aromatic rings. The molecule has 1 aromatic carbocycles. The van der Waals surface area contributed by atoms with Gasteiger partial charge in [-0.25, -0.2) is 9.18 Å². The van der Waals surface area contributed by atoms with Gasteiger partial charge in [0.2, 0.25) is 0 Å². The molecule has 0 aliphatic rings. The summed E-state index contributed by atoms with van der Waals surface area (Å²) in [6.07, 6.45) is 2.68. The van der Waals surface area contributed by atoms with Gasteiger partial charge in [0.1, 0.15) is 5.82 Å². The van der Waals surface area contributed by atoms with Crippen LogP contribution in [0.2, 0.25) is 0 Å². The average Bonchev–Trinajstić information content (AvgIpc) is 2.91. The van der Waals surface area contributed by atoms with E-state index in [0.29, 0.717) is 18.8 Å². The van der Waals surface area contributed by atoms with Crippen LogP contribution >= 0.6 is 11.3 Å². The van der Waals surface area contributed by atoms with Crippen molar-refractivity contribution < 1.29 is 14.3 Å². The summed E-state index contributed by atoms with van der Waals surface area (Å²) in [6, 6.07) is 10.5. The lowest BCUT2D eigenvalue weighted by molar-refractivity contribution is -0.131. The summed E-state index contributed by atoms with van der Waals surface area (Å²) in [4.78, 5) is 14.4. The summed E-state index contributed by atoms with van der Waals surface area (Å²) >= 11 is 1.50. The van der Waals surface area contributed by atoms with E-state index in [-0.39, 0.29) is 5.82 Å². The predicted octanol–water partition coefficient (Wildman–Crippen LogP) is 4.01. The Morgan fingerprint density at radius 2 is 2.10 bits per heavy atom. The number of hydrogen-bond acceptors (Lipinski definition) is 3. The minimum Gasteiger partial charge on any atom is -0.478 e. The van der Waals surface area contributed by atoms with Crippen molar-refractivity contribution in [2.75, 3.05) is 11.4 Å². The Labute approximate surface area is 127 Å². The first-order valence-electron chi connectivity index (χ1n) is 6.59. The molecule has 0 atom stereocenters. The molecule has 0 saturated carbocycles. The number of benzene rings is 1. The van der Waals surface area contributed by atoms with E-state index in [0.717, 1.165) is 15.8 Å². The molecule has 110 valence electrons. The number of halogens is 1. The normalized spacial score (nSPS) is 11.0. The van der Waals surface area contributed by atoms with Crippen LogP contribution in [0.15, 0.2) is 42.5 Å². The van der Waals surface area contributed by atoms with E-state index >= 15 is 0 Å². The van der Waals surface area contributed by atoms with Gasteiger partial charge in [-0.3, -0.25) is 0 Å². The summed E-state index contributed by atoms with van der Waals surface area (Å²) in [5, 5.41) is 8.61. The van der Waals surface area contributed by atoms with Gasteiger partial charge in [-0.2, -0.15) is 0 Å². The summed E-state index contributed by atoms with van der Waals surface area (Å²) in [5.74, 6) is -1.20. The van der Waals surface area contributed by atoms with Crippen molar-refractivity contribution in [2.24, 2.45) is 0 Å². The molecule has 21 heavy (non-hydrogen) atoms. The number of carboxylic acids is 1. The van der Waals surface area contributed by atoms with Crippen LogP contribution in [0.4, 0.5) is 10.1 Å². The minimum atomic E-state index is -0.966. The molecular formula is C16H16FNO2S. The number of rotatable bonds is 6. The van der Waals surface area contributed by atoms with Gasteiger partial charge >= 0.3 is 5.97 Å². The van der Waals surface area contributed by atoms with E-state index < -0.39 is 5.97 Å². The average molecular weight is 305 g/mol. The largest absolute Gasteiger partial charge is 0.478 e. The molecule has 0 radical (unpaired) electrons. The number of aliphatic carboxylic acids is 1. The fraction of sp³-hybridized carbons (Fsp3) is 0.188. The summed E-state index contributed by atoms with van der Waals surface area (Å²) < 4.78 is 13.8. The van der Waals surface area contributed by atoms with Gasteiger partial charge in [0.05, 0.1) is 12.2 Å². The monoisotopic (exact) mass is 305 g/mol. The molecule has 0 aliphatic heterocycles. The van der Waals surface area contributed by atoms with Crippen molar-refractivity contribution in [3.63, 3.8) is 0 Å². The molecule has 0 bridgehead atoms. The van der Waals surface area contributed by atoms with E-state index in [1.165, 1.54) is 17.4 Å². The zero-order valence-electron chi connectivity index (χ0n) is 11.6. The maximum Gasteiger partial charge on any atom is 0.328 e. The molecule has 3 nitrogen and oxygen atoms in total. The van der Waals surface area contributed by atoms with Crippen LogP contribution in [0.3, 0.4) is 0 Å². The topological polar surface area (TPSA) is 40.5 Å². The Kier molecular flexibility index (Phi) is 5.11. The van der Waals surface area contributed by atoms with Crippen LogP contribution in [-0.2, 0) is 11.3 Å². The number of anilines is 1. The van der Waals surface area contributed by atoms with Crippen molar-refractivity contribution in [3.8, 4) is 0 Å². The molecule has 0 fully saturated rings. The molecule has 1 N–H and O–H groups in total. The first-order valence-corrected chi connectivity index (χ1v) is 7.41. The molecule has 0 spiro atoms. The summed E-state index contributed by atoms with van der Waals surface area (Å²) in [7, 11) is 0. The molecule has 1 aromatic heterocycles. The zero-order valence-corrected chi connectivity index (χ0v) is 12.4. The van der Waals surface area contributed by atoms with E-state index in [9.17, 15) is 9.18 Å². The number of carboxylic acid groups (broad SMARTS) is 1. The molecule has 0 amide bonds. The number of para-hydroxylation sites is 1. The number of nitrogens with zero attached hydrogens (tertiary/aromatic N) is 1. The van der Waals surface area contributed by atoms with Crippen LogP contribution in [0, 0.1) is 5.82 Å². The van der Waals surface area contributed by atoms with Crippen molar-refractivity contribution in [2.45, 2.75) is 13.5 Å². The second kappa shape index (κ2) is 7.04. The van der Waals surface area contributed by atoms with E-state index in [1.54, 1.807) is 18.2 Å². The second-order valence-corrected chi connectivity index (χ2v) is 5.64. The Hall–Kier alpha value is -2.14. The van der Waals surface area contributed by atoms with Crippen molar-refractivity contribution in [3.05, 3.63) is 58.0 Å². The van der Waals surface area contributed by atoms with Gasteiger partial charge in [-0.1, -0.05) is 12.1 Å². The third kappa shape index (κ3) is 4.16. The van der Waals surface area contributed by atoms with E-state index in [2.05, 4.69) is 0 Å². The predicted molar refractivity (Wildman–Crippen MR) is 84.1 cm³/mol. The van der Waals surface area contributed by atoms with Gasteiger partial charge in [-0.05, 0) is 37.3 Å². The third-order valence-electron chi connectivity index (χ3n) is 2.99. The second-order valence-electron chi connectivity index (χ2n) is 4.44. The molecule has 1 heterocycles. The Bertz CT molecular complexity index is 651. The van der Waals surface area contributed by atoms with Crippen LogP contribution in [0.25, 0.3) is 6.08 Å². The number of thiophene rings is 1.